The van der Waals surface area contributed by atoms with Crippen LogP contribution in [0.2, 0.25) is 0 Å². The fraction of sp³-hybridized carbons (Fsp3) is 0.500. The molecule has 0 atom stereocenters. The molecule has 0 N–H and O–H groups in total. The van der Waals surface area contributed by atoms with E-state index in [1.165, 1.54) is 23.5 Å². The number of rotatable bonds is 5. The normalized spacial score (nSPS) is 18.7. The van der Waals surface area contributed by atoms with E-state index >= 15 is 0 Å². The van der Waals surface area contributed by atoms with Crippen LogP contribution in [-0.4, -0.2) is 80.9 Å². The molecule has 11 heteroatoms. The van der Waals surface area contributed by atoms with E-state index in [0.29, 0.717) is 25.9 Å². The van der Waals surface area contributed by atoms with Gasteiger partial charge >= 0.3 is 5.97 Å². The molecule has 2 aliphatic heterocycles. The molecule has 0 aliphatic carbocycles. The number of hydrogen-bond acceptors (Lipinski definition) is 8. The number of methoxy groups -OCH3 is 1. The van der Waals surface area contributed by atoms with Gasteiger partial charge in [0.1, 0.15) is 0 Å². The highest BCUT2D eigenvalue weighted by atomic mass is 32.2. The Bertz CT molecular complexity index is 1080. The topological polar surface area (TPSA) is 100 Å². The number of esters is 1. The summed E-state index contributed by atoms with van der Waals surface area (Å²) in [7, 11) is -2.64. The lowest BCUT2D eigenvalue weighted by Gasteiger charge is -2.33. The van der Waals surface area contributed by atoms with E-state index < -0.39 is 16.0 Å². The van der Waals surface area contributed by atoms with Gasteiger partial charge in [0.25, 0.3) is 0 Å². The van der Waals surface area contributed by atoms with E-state index in [9.17, 15) is 18.0 Å². The molecule has 2 saturated heterocycles. The first-order valence-corrected chi connectivity index (χ1v) is 13.3. The van der Waals surface area contributed by atoms with E-state index in [1.54, 1.807) is 29.7 Å². The lowest BCUT2D eigenvalue weighted by molar-refractivity contribution is -0.136. The number of thiazole rings is 1. The van der Waals surface area contributed by atoms with Crippen molar-refractivity contribution in [3.63, 3.8) is 0 Å². The summed E-state index contributed by atoms with van der Waals surface area (Å²) in [6.45, 7) is 3.44. The molecule has 3 heterocycles. The van der Waals surface area contributed by atoms with Gasteiger partial charge in [-0.25, -0.2) is 18.2 Å². The van der Waals surface area contributed by atoms with Gasteiger partial charge in [0.05, 0.1) is 17.6 Å². The third kappa shape index (κ3) is 5.04. The number of amides is 1. The lowest BCUT2D eigenvalue weighted by Crippen LogP contribution is -2.45. The summed E-state index contributed by atoms with van der Waals surface area (Å²) in [4.78, 5) is 33.7. The summed E-state index contributed by atoms with van der Waals surface area (Å²) < 4.78 is 32.5. The van der Waals surface area contributed by atoms with Crippen LogP contribution in [0.4, 0.5) is 5.13 Å². The Labute approximate surface area is 198 Å². The second kappa shape index (κ2) is 10.2. The Morgan fingerprint density at radius 1 is 1.06 bits per heavy atom. The van der Waals surface area contributed by atoms with Crippen molar-refractivity contribution in [2.45, 2.75) is 24.2 Å². The number of piperidine rings is 1. The Kier molecular flexibility index (Phi) is 7.30. The van der Waals surface area contributed by atoms with Crippen molar-refractivity contribution >= 4 is 38.4 Å². The lowest BCUT2D eigenvalue weighted by atomic mass is 9.96. The van der Waals surface area contributed by atoms with Gasteiger partial charge in [-0.1, -0.05) is 12.1 Å². The number of ether oxygens (including phenoxy) is 1. The van der Waals surface area contributed by atoms with Crippen LogP contribution in [0.3, 0.4) is 0 Å². The highest BCUT2D eigenvalue weighted by Crippen LogP contribution is 2.28. The van der Waals surface area contributed by atoms with Crippen molar-refractivity contribution < 1.29 is 22.7 Å². The minimum absolute atomic E-state index is 0.0209. The molecule has 4 rings (SSSR count). The summed E-state index contributed by atoms with van der Waals surface area (Å²) in [5, 5.41) is 2.93. The zero-order valence-electron chi connectivity index (χ0n) is 18.6. The van der Waals surface area contributed by atoms with Gasteiger partial charge in [0, 0.05) is 56.8 Å². The average Bonchev–Trinajstić information content (AvgIpc) is 3.28. The molecular formula is C22H28N4O5S2. The van der Waals surface area contributed by atoms with Crippen molar-refractivity contribution in [2.75, 3.05) is 51.3 Å². The number of anilines is 1. The molecule has 33 heavy (non-hydrogen) atoms. The fourth-order valence-electron chi connectivity index (χ4n) is 4.41. The maximum atomic E-state index is 13.2. The molecule has 1 aromatic heterocycles. The second-order valence-electron chi connectivity index (χ2n) is 8.15. The van der Waals surface area contributed by atoms with E-state index in [2.05, 4.69) is 9.88 Å². The molecule has 2 aromatic rings. The number of sulfonamides is 1. The van der Waals surface area contributed by atoms with Gasteiger partial charge in [-0.2, -0.15) is 4.31 Å². The van der Waals surface area contributed by atoms with Gasteiger partial charge < -0.3 is 14.5 Å². The summed E-state index contributed by atoms with van der Waals surface area (Å²) in [5.74, 6) is -0.783. The average molecular weight is 493 g/mol. The van der Waals surface area contributed by atoms with E-state index in [4.69, 9.17) is 4.74 Å². The molecule has 2 aliphatic rings. The van der Waals surface area contributed by atoms with Crippen molar-refractivity contribution in [2.24, 2.45) is 5.92 Å². The van der Waals surface area contributed by atoms with Crippen LogP contribution in [0, 0.1) is 5.92 Å². The largest absolute Gasteiger partial charge is 0.465 e. The second-order valence-corrected chi connectivity index (χ2v) is 10.9. The van der Waals surface area contributed by atoms with Crippen LogP contribution in [0.25, 0.3) is 0 Å². The molecule has 0 radical (unpaired) electrons. The predicted octanol–water partition coefficient (Wildman–Crippen LogP) is 2.07. The third-order valence-electron chi connectivity index (χ3n) is 6.21. The first-order chi connectivity index (χ1) is 15.9. The zero-order valence-corrected chi connectivity index (χ0v) is 20.2. The molecule has 0 unspecified atom stereocenters. The third-order valence-corrected chi connectivity index (χ3v) is 9.00. The van der Waals surface area contributed by atoms with Crippen LogP contribution in [-0.2, 0) is 19.6 Å². The quantitative estimate of drug-likeness (QED) is 0.589. The van der Waals surface area contributed by atoms with Crippen molar-refractivity contribution in [1.29, 1.82) is 0 Å². The number of carbonyl (C=O) groups excluding carboxylic acids is 2. The summed E-state index contributed by atoms with van der Waals surface area (Å²) in [5.41, 5.74) is 0.0209. The monoisotopic (exact) mass is 492 g/mol. The first kappa shape index (κ1) is 23.7. The molecule has 178 valence electrons. The maximum absolute atomic E-state index is 13.2. The number of hydrogen-bond donors (Lipinski definition) is 0. The van der Waals surface area contributed by atoms with Crippen LogP contribution < -0.4 is 4.90 Å². The first-order valence-electron chi connectivity index (χ1n) is 11.0. The van der Waals surface area contributed by atoms with E-state index in [-0.39, 0.29) is 35.4 Å². The molecule has 1 aromatic carbocycles. The molecule has 0 bridgehead atoms. The summed E-state index contributed by atoms with van der Waals surface area (Å²) in [6, 6.07) is 6.06. The Hall–Kier alpha value is -2.50. The van der Waals surface area contributed by atoms with Crippen molar-refractivity contribution in [1.82, 2.24) is 14.2 Å². The number of carbonyl (C=O) groups is 2. The number of nitrogens with zero attached hydrogens (tertiary/aromatic N) is 4. The van der Waals surface area contributed by atoms with E-state index in [0.717, 1.165) is 24.6 Å². The number of aromatic nitrogens is 1. The van der Waals surface area contributed by atoms with E-state index in [1.807, 2.05) is 10.3 Å². The van der Waals surface area contributed by atoms with Crippen LogP contribution in [0.15, 0.2) is 40.7 Å². The highest BCUT2D eigenvalue weighted by Gasteiger charge is 2.36. The highest BCUT2D eigenvalue weighted by molar-refractivity contribution is 7.89. The smallest absolute Gasteiger partial charge is 0.339 e. The number of benzene rings is 1. The molecule has 0 saturated carbocycles. The molecular weight excluding hydrogens is 464 g/mol. The van der Waals surface area contributed by atoms with Crippen LogP contribution >= 0.6 is 11.3 Å². The minimum atomic E-state index is -3.86. The standard InChI is InChI=1S/C22H28N4O5S2/c1-31-21(28)18-5-2-3-6-19(18)33(29,30)26-12-7-17(8-13-26)20(27)24-10-4-11-25(15-14-24)22-23-9-16-32-22/h2-3,5-6,9,16-17H,4,7-8,10-15H2,1H3. The summed E-state index contributed by atoms with van der Waals surface area (Å²) in [6.07, 6.45) is 3.60. The van der Waals surface area contributed by atoms with Gasteiger partial charge in [0.15, 0.2) is 5.13 Å². The molecule has 2 fully saturated rings. The van der Waals surface area contributed by atoms with Crippen molar-refractivity contribution in [3.05, 3.63) is 41.4 Å². The predicted molar refractivity (Wildman–Crippen MR) is 125 cm³/mol. The Morgan fingerprint density at radius 3 is 2.52 bits per heavy atom. The van der Waals surface area contributed by atoms with Gasteiger partial charge in [-0.3, -0.25) is 4.79 Å². The van der Waals surface area contributed by atoms with Crippen LogP contribution in [0.5, 0.6) is 0 Å². The SMILES string of the molecule is COC(=O)c1ccccc1S(=O)(=O)N1CCC(C(=O)N2CCCN(c3nccs3)CC2)CC1. The summed E-state index contributed by atoms with van der Waals surface area (Å²) >= 11 is 1.60. The Balaban J connectivity index is 1.38. The zero-order chi connectivity index (χ0) is 23.4. The van der Waals surface area contributed by atoms with Gasteiger partial charge in [-0.15, -0.1) is 11.3 Å². The molecule has 9 nitrogen and oxygen atoms in total. The minimum Gasteiger partial charge on any atom is -0.465 e. The van der Waals surface area contributed by atoms with Crippen LogP contribution in [0.1, 0.15) is 29.6 Å². The molecule has 1 amide bonds. The molecule has 0 spiro atoms. The van der Waals surface area contributed by atoms with Gasteiger partial charge in [0.2, 0.25) is 15.9 Å². The van der Waals surface area contributed by atoms with Crippen molar-refractivity contribution in [3.8, 4) is 0 Å². The van der Waals surface area contributed by atoms with Gasteiger partial charge in [-0.05, 0) is 31.4 Å². The fourth-order valence-corrected chi connectivity index (χ4v) is 6.76. The maximum Gasteiger partial charge on any atom is 0.339 e. The Morgan fingerprint density at radius 2 is 1.82 bits per heavy atom.